The highest BCUT2D eigenvalue weighted by Crippen LogP contribution is 2.42. The number of nitriles is 1. The van der Waals surface area contributed by atoms with Crippen LogP contribution in [0.2, 0.25) is 0 Å². The van der Waals surface area contributed by atoms with Gasteiger partial charge in [0.25, 0.3) is 0 Å². The molecule has 17 rings (SSSR count). The first kappa shape index (κ1) is 54.5. The van der Waals surface area contributed by atoms with Crippen LogP contribution in [0.3, 0.4) is 0 Å². The molecule has 0 fully saturated rings. The highest BCUT2D eigenvalue weighted by Gasteiger charge is 2.26. The average Bonchev–Trinajstić information content (AvgIpc) is 1.60. The Bertz CT molecular complexity index is 5370. The summed E-state index contributed by atoms with van der Waals surface area (Å²) in [6.07, 6.45) is 0. The zero-order valence-electron chi connectivity index (χ0n) is 51.0. The Labute approximate surface area is 534 Å². The molecular formula is C80H53N13. The number of benzene rings is 11. The van der Waals surface area contributed by atoms with Crippen molar-refractivity contribution in [2.45, 2.75) is 27.7 Å². The Morgan fingerprint density at radius 1 is 0.258 bits per heavy atom. The summed E-state index contributed by atoms with van der Waals surface area (Å²) in [6, 6.07) is 87.1. The molecule has 0 aliphatic carbocycles. The zero-order chi connectivity index (χ0) is 62.4. The zero-order valence-corrected chi connectivity index (χ0v) is 51.0. The molecule has 0 aliphatic rings. The molecule has 0 N–H and O–H groups in total. The summed E-state index contributed by atoms with van der Waals surface area (Å²) in [7, 11) is 0. The van der Waals surface area contributed by atoms with E-state index >= 15 is 0 Å². The van der Waals surface area contributed by atoms with Crippen molar-refractivity contribution in [3.05, 3.63) is 277 Å². The van der Waals surface area contributed by atoms with Gasteiger partial charge in [0.1, 0.15) is 0 Å². The number of aromatic nitrogens is 12. The number of nitrogens with zero attached hydrogens (tertiary/aromatic N) is 13. The number of hydrogen-bond donors (Lipinski definition) is 0. The van der Waals surface area contributed by atoms with Gasteiger partial charge in [0, 0.05) is 71.3 Å². The molecule has 0 saturated heterocycles. The van der Waals surface area contributed by atoms with Gasteiger partial charge in [-0.05, 0) is 131 Å². The van der Waals surface area contributed by atoms with Gasteiger partial charge >= 0.3 is 0 Å². The number of aryl methyl sites for hydroxylation is 4. The van der Waals surface area contributed by atoms with E-state index in [1.165, 1.54) is 0 Å². The normalized spacial score (nSPS) is 11.6. The van der Waals surface area contributed by atoms with Crippen LogP contribution in [0.1, 0.15) is 27.8 Å². The van der Waals surface area contributed by atoms with Crippen molar-refractivity contribution in [2.24, 2.45) is 0 Å². The van der Waals surface area contributed by atoms with Crippen LogP contribution in [0.5, 0.6) is 0 Å². The molecule has 0 amide bonds. The molecule has 0 aliphatic heterocycles. The summed E-state index contributed by atoms with van der Waals surface area (Å²) in [5.41, 5.74) is 16.9. The van der Waals surface area contributed by atoms with E-state index in [2.05, 4.69) is 157 Å². The monoisotopic (exact) mass is 1200 g/mol. The Hall–Kier alpha value is -12.7. The molecule has 17 aromatic rings. The maximum atomic E-state index is 10.9. The fourth-order valence-electron chi connectivity index (χ4n) is 13.0. The van der Waals surface area contributed by atoms with Crippen LogP contribution in [0.4, 0.5) is 0 Å². The van der Waals surface area contributed by atoms with Gasteiger partial charge in [-0.25, -0.2) is 29.9 Å². The van der Waals surface area contributed by atoms with E-state index in [1.807, 2.05) is 140 Å². The first-order valence-electron chi connectivity index (χ1n) is 30.8. The molecule has 0 spiro atoms. The molecule has 0 unspecified atom stereocenters. The van der Waals surface area contributed by atoms with Gasteiger partial charge in [-0.1, -0.05) is 168 Å². The lowest BCUT2D eigenvalue weighted by atomic mass is 10.1. The van der Waals surface area contributed by atoms with Crippen LogP contribution < -0.4 is 0 Å². The molecular weight excluding hydrogens is 1140 g/mol. The van der Waals surface area contributed by atoms with Gasteiger partial charge in [0.05, 0.1) is 50.4 Å². The van der Waals surface area contributed by atoms with Crippen molar-refractivity contribution in [1.82, 2.24) is 58.6 Å². The largest absolute Gasteiger partial charge is 0.308 e. The number of rotatable bonds is 10. The minimum Gasteiger partial charge on any atom is -0.308 e. The van der Waals surface area contributed by atoms with Crippen LogP contribution in [0.15, 0.2) is 249 Å². The lowest BCUT2D eigenvalue weighted by Gasteiger charge is -2.16. The average molecular weight is 1200 g/mol. The Balaban J connectivity index is 0.947. The summed E-state index contributed by atoms with van der Waals surface area (Å²) >= 11 is 0. The van der Waals surface area contributed by atoms with Crippen molar-refractivity contribution in [2.75, 3.05) is 0 Å². The summed E-state index contributed by atoms with van der Waals surface area (Å²) in [6.45, 7) is 8.48. The molecule has 0 radical (unpaired) electrons. The lowest BCUT2D eigenvalue weighted by molar-refractivity contribution is 0.891. The standard InChI is InChI=1S/C80H53N13/c1-47-25-32-67-58(39-47)59-40-48(2)26-33-68(59)92(67)79-88-78(89-80(90-79)93-69-34-27-49(3)41-60(69)61-42-50(4)28-35-70(61)93)64-43-51(46-81)29-36-71(64)91-65-37-30-56(76-84-72(52-17-9-5-10-18-52)82-73(85-76)53-19-11-6-12-20-53)44-62(65)63-45-57(31-38-66(63)91)77-86-74(54-21-13-7-14-22-54)83-75(87-77)55-23-15-8-16-24-55/h5-45H,1-4H3. The van der Waals surface area contributed by atoms with Gasteiger partial charge in [0.2, 0.25) is 11.9 Å². The first-order chi connectivity index (χ1) is 45.6. The maximum absolute atomic E-state index is 10.9. The Morgan fingerprint density at radius 3 is 0.892 bits per heavy atom. The second kappa shape index (κ2) is 21.8. The van der Waals surface area contributed by atoms with E-state index in [0.29, 0.717) is 63.8 Å². The predicted molar refractivity (Wildman–Crippen MR) is 371 cm³/mol. The fourth-order valence-corrected chi connectivity index (χ4v) is 13.0. The van der Waals surface area contributed by atoms with Crippen molar-refractivity contribution >= 4 is 65.4 Å². The van der Waals surface area contributed by atoms with E-state index in [4.69, 9.17) is 44.9 Å². The smallest absolute Gasteiger partial charge is 0.240 e. The third-order valence-corrected chi connectivity index (χ3v) is 17.5. The molecule has 0 saturated carbocycles. The van der Waals surface area contributed by atoms with Crippen molar-refractivity contribution < 1.29 is 0 Å². The molecule has 13 nitrogen and oxygen atoms in total. The summed E-state index contributed by atoms with van der Waals surface area (Å²) < 4.78 is 6.55. The van der Waals surface area contributed by atoms with E-state index in [9.17, 15) is 5.26 Å². The van der Waals surface area contributed by atoms with Crippen molar-refractivity contribution in [3.8, 4) is 103 Å². The summed E-state index contributed by atoms with van der Waals surface area (Å²) in [5, 5.41) is 17.1. The summed E-state index contributed by atoms with van der Waals surface area (Å²) in [5.74, 6) is 4.45. The van der Waals surface area contributed by atoms with Crippen LogP contribution in [0.25, 0.3) is 163 Å². The highest BCUT2D eigenvalue weighted by molar-refractivity contribution is 6.13. The second-order valence-electron chi connectivity index (χ2n) is 23.7. The summed E-state index contributed by atoms with van der Waals surface area (Å²) in [4.78, 5) is 47.6. The third kappa shape index (κ3) is 9.43. The predicted octanol–water partition coefficient (Wildman–Crippen LogP) is 18.3. The van der Waals surface area contributed by atoms with E-state index in [-0.39, 0.29) is 0 Å². The minimum atomic E-state index is 0.368. The Morgan fingerprint density at radius 2 is 0.559 bits per heavy atom. The van der Waals surface area contributed by atoms with Crippen LogP contribution in [0, 0.1) is 39.0 Å². The van der Waals surface area contributed by atoms with Crippen LogP contribution in [-0.4, -0.2) is 58.6 Å². The SMILES string of the molecule is Cc1ccc2c(c1)c1cc(C)ccc1n2-c1nc(-c2cc(C#N)ccc2-n2c3ccc(-c4nc(-c5ccccc5)nc(-c5ccccc5)n4)cc3c3cc(-c4nc(-c5ccccc5)nc(-c5ccccc5)n4)ccc32)nc(-n2c3ccc(C)cc3c3cc(C)ccc32)n1. The number of fused-ring (bicyclic) bond motifs is 9. The fraction of sp³-hybridized carbons (Fsp3) is 0.0500. The molecule has 6 aromatic heterocycles. The van der Waals surface area contributed by atoms with Gasteiger partial charge in [-0.15, -0.1) is 0 Å². The van der Waals surface area contributed by atoms with E-state index in [1.54, 1.807) is 0 Å². The van der Waals surface area contributed by atoms with Crippen LogP contribution in [-0.2, 0) is 0 Å². The molecule has 0 bridgehead atoms. The topological polar surface area (TPSA) is 155 Å². The molecule has 11 aromatic carbocycles. The van der Waals surface area contributed by atoms with E-state index in [0.717, 1.165) is 127 Å². The highest BCUT2D eigenvalue weighted by atomic mass is 15.3. The van der Waals surface area contributed by atoms with Gasteiger partial charge in [0.15, 0.2) is 40.8 Å². The van der Waals surface area contributed by atoms with E-state index < -0.39 is 0 Å². The lowest BCUT2D eigenvalue weighted by Crippen LogP contribution is -2.11. The van der Waals surface area contributed by atoms with Gasteiger partial charge in [-0.2, -0.15) is 20.2 Å². The van der Waals surface area contributed by atoms with Crippen LogP contribution >= 0.6 is 0 Å². The quantitative estimate of drug-likeness (QED) is 0.129. The third-order valence-electron chi connectivity index (χ3n) is 17.5. The van der Waals surface area contributed by atoms with Crippen molar-refractivity contribution in [1.29, 1.82) is 5.26 Å². The van der Waals surface area contributed by atoms with Gasteiger partial charge < -0.3 is 4.57 Å². The maximum Gasteiger partial charge on any atom is 0.240 e. The Kier molecular flexibility index (Phi) is 12.8. The van der Waals surface area contributed by atoms with Gasteiger partial charge in [-0.3, -0.25) is 9.13 Å². The van der Waals surface area contributed by atoms with Crippen molar-refractivity contribution in [3.63, 3.8) is 0 Å². The second-order valence-corrected chi connectivity index (χ2v) is 23.7. The molecule has 93 heavy (non-hydrogen) atoms. The molecule has 0 atom stereocenters. The minimum absolute atomic E-state index is 0.368. The molecule has 438 valence electrons. The number of hydrogen-bond acceptors (Lipinski definition) is 10. The first-order valence-corrected chi connectivity index (χ1v) is 30.8. The molecule has 6 heterocycles. The molecule has 13 heteroatoms.